The van der Waals surface area contributed by atoms with Gasteiger partial charge in [0.2, 0.25) is 0 Å². The molecule has 0 bridgehead atoms. The molecule has 3 rings (SSSR count). The summed E-state index contributed by atoms with van der Waals surface area (Å²) in [7, 11) is 3.17. The minimum atomic E-state index is -0.687. The fraction of sp³-hybridized carbons (Fsp3) is 0.375. The predicted octanol–water partition coefficient (Wildman–Crippen LogP) is 6.77. The number of methoxy groups -OCH3 is 1. The highest BCUT2D eigenvalue weighted by atomic mass is 16.6. The quantitative estimate of drug-likeness (QED) is 0.190. The first-order valence-corrected chi connectivity index (χ1v) is 13.5. The fourth-order valence-electron chi connectivity index (χ4n) is 4.21. The largest absolute Gasteiger partial charge is 0.467 e. The number of ether oxygens (including phenoxy) is 2. The highest BCUT2D eigenvalue weighted by Crippen LogP contribution is 2.25. The van der Waals surface area contributed by atoms with Crippen molar-refractivity contribution >= 4 is 17.7 Å². The van der Waals surface area contributed by atoms with Crippen molar-refractivity contribution in [1.29, 1.82) is 0 Å². The van der Waals surface area contributed by atoms with E-state index in [4.69, 9.17) is 9.47 Å². The predicted molar refractivity (Wildman–Crippen MR) is 153 cm³/mol. The molecule has 0 aliphatic heterocycles. The maximum Gasteiger partial charge on any atom is 0.335 e. The van der Waals surface area contributed by atoms with E-state index in [-0.39, 0.29) is 12.0 Å². The summed E-state index contributed by atoms with van der Waals surface area (Å²) in [6, 6.07) is 25.6. The number of esters is 1. The molecule has 202 valence electrons. The first-order valence-electron chi connectivity index (χ1n) is 13.5. The molecule has 1 N–H and O–H groups in total. The standard InChI is InChI=1S/C32H40N2O4/c1-4-5-6-7-11-21-33-32(36)34(2)29-16-12-15-28(23-29)27-19-17-25(18-20-27)22-30(31(35)37-3)38-24-26-13-9-8-10-14-26/h8-10,12-20,23,30H,4-7,11,21-22,24H2,1-3H3,(H,33,36)/t30-/m0/s1. The van der Waals surface area contributed by atoms with Gasteiger partial charge in [-0.1, -0.05) is 99.3 Å². The van der Waals surface area contributed by atoms with Crippen LogP contribution < -0.4 is 10.2 Å². The van der Waals surface area contributed by atoms with Crippen LogP contribution in [0, 0.1) is 0 Å². The minimum Gasteiger partial charge on any atom is -0.467 e. The fourth-order valence-corrected chi connectivity index (χ4v) is 4.21. The molecule has 2 amide bonds. The first-order chi connectivity index (χ1) is 18.5. The number of hydrogen-bond acceptors (Lipinski definition) is 4. The summed E-state index contributed by atoms with van der Waals surface area (Å²) >= 11 is 0. The number of nitrogens with one attached hydrogen (secondary N) is 1. The number of benzene rings is 3. The van der Waals surface area contributed by atoms with Gasteiger partial charge in [0.25, 0.3) is 0 Å². The Morgan fingerprint density at radius 2 is 1.58 bits per heavy atom. The van der Waals surface area contributed by atoms with Gasteiger partial charge in [0, 0.05) is 25.7 Å². The number of carbonyl (C=O) groups excluding carboxylic acids is 2. The van der Waals surface area contributed by atoms with Crippen molar-refractivity contribution in [3.63, 3.8) is 0 Å². The second-order valence-corrected chi connectivity index (χ2v) is 9.46. The molecule has 6 heteroatoms. The number of amides is 2. The smallest absolute Gasteiger partial charge is 0.335 e. The summed E-state index contributed by atoms with van der Waals surface area (Å²) in [4.78, 5) is 26.6. The summed E-state index contributed by atoms with van der Waals surface area (Å²) in [5.74, 6) is -0.389. The van der Waals surface area contributed by atoms with Gasteiger partial charge in [-0.2, -0.15) is 0 Å². The van der Waals surface area contributed by atoms with Crippen LogP contribution in [-0.4, -0.2) is 38.8 Å². The highest BCUT2D eigenvalue weighted by Gasteiger charge is 2.21. The normalized spacial score (nSPS) is 11.6. The van der Waals surface area contributed by atoms with Gasteiger partial charge in [-0.3, -0.25) is 4.90 Å². The van der Waals surface area contributed by atoms with Gasteiger partial charge in [0.15, 0.2) is 6.10 Å². The average molecular weight is 517 g/mol. The van der Waals surface area contributed by atoms with Crippen LogP contribution >= 0.6 is 0 Å². The van der Waals surface area contributed by atoms with Crippen molar-refractivity contribution in [3.05, 3.63) is 90.0 Å². The van der Waals surface area contributed by atoms with E-state index in [1.807, 2.05) is 78.9 Å². The number of rotatable bonds is 14. The molecular formula is C32H40N2O4. The van der Waals surface area contributed by atoms with Gasteiger partial charge in [-0.05, 0) is 40.8 Å². The average Bonchev–Trinajstić information content (AvgIpc) is 2.97. The molecule has 1 atom stereocenters. The van der Waals surface area contributed by atoms with Crippen LogP contribution in [-0.2, 0) is 27.3 Å². The van der Waals surface area contributed by atoms with Gasteiger partial charge in [0.1, 0.15) is 0 Å². The number of nitrogens with zero attached hydrogens (tertiary/aromatic N) is 1. The molecule has 0 radical (unpaired) electrons. The Morgan fingerprint density at radius 1 is 0.842 bits per heavy atom. The minimum absolute atomic E-state index is 0.0997. The first kappa shape index (κ1) is 28.9. The molecule has 0 saturated heterocycles. The zero-order valence-corrected chi connectivity index (χ0v) is 22.8. The Bertz CT molecular complexity index is 1130. The summed E-state index contributed by atoms with van der Waals surface area (Å²) in [5, 5.41) is 3.01. The Hall–Kier alpha value is -3.64. The molecule has 0 saturated carbocycles. The number of urea groups is 1. The van der Waals surface area contributed by atoms with E-state index in [9.17, 15) is 9.59 Å². The second-order valence-electron chi connectivity index (χ2n) is 9.46. The van der Waals surface area contributed by atoms with Gasteiger partial charge in [-0.15, -0.1) is 0 Å². The van der Waals surface area contributed by atoms with Crippen LogP contribution in [0.1, 0.15) is 50.2 Å². The van der Waals surface area contributed by atoms with Gasteiger partial charge < -0.3 is 14.8 Å². The molecule has 0 heterocycles. The third kappa shape index (κ3) is 9.03. The Balaban J connectivity index is 1.59. The third-order valence-electron chi connectivity index (χ3n) is 6.56. The molecule has 38 heavy (non-hydrogen) atoms. The van der Waals surface area contributed by atoms with Gasteiger partial charge in [-0.25, -0.2) is 9.59 Å². The lowest BCUT2D eigenvalue weighted by atomic mass is 10.0. The van der Waals surface area contributed by atoms with Crippen LogP contribution in [0.25, 0.3) is 11.1 Å². The van der Waals surface area contributed by atoms with E-state index >= 15 is 0 Å². The van der Waals surface area contributed by atoms with Crippen molar-refractivity contribution in [2.45, 2.75) is 58.2 Å². The molecule has 0 aromatic heterocycles. The van der Waals surface area contributed by atoms with E-state index in [1.54, 1.807) is 11.9 Å². The zero-order chi connectivity index (χ0) is 27.2. The lowest BCUT2D eigenvalue weighted by Gasteiger charge is -2.19. The van der Waals surface area contributed by atoms with Crippen molar-refractivity contribution in [2.75, 3.05) is 25.6 Å². The lowest BCUT2D eigenvalue weighted by Crippen LogP contribution is -2.37. The molecule has 0 unspecified atom stereocenters. The number of unbranched alkanes of at least 4 members (excludes halogenated alkanes) is 4. The summed E-state index contributed by atoms with van der Waals surface area (Å²) in [5.41, 5.74) is 4.85. The van der Waals surface area contributed by atoms with Crippen molar-refractivity contribution in [2.24, 2.45) is 0 Å². The summed E-state index contributed by atoms with van der Waals surface area (Å²) in [6.45, 7) is 3.23. The van der Waals surface area contributed by atoms with Crippen LogP contribution in [0.2, 0.25) is 0 Å². The van der Waals surface area contributed by atoms with Crippen molar-refractivity contribution in [3.8, 4) is 11.1 Å². The lowest BCUT2D eigenvalue weighted by molar-refractivity contribution is -0.154. The molecule has 6 nitrogen and oxygen atoms in total. The maximum atomic E-state index is 12.6. The Kier molecular flexibility index (Phi) is 11.9. The van der Waals surface area contributed by atoms with E-state index in [1.165, 1.54) is 26.4 Å². The van der Waals surface area contributed by atoms with Gasteiger partial charge >= 0.3 is 12.0 Å². The van der Waals surface area contributed by atoms with E-state index < -0.39 is 6.10 Å². The summed E-state index contributed by atoms with van der Waals surface area (Å²) in [6.07, 6.45) is 5.55. The monoisotopic (exact) mass is 516 g/mol. The van der Waals surface area contributed by atoms with Crippen LogP contribution in [0.5, 0.6) is 0 Å². The van der Waals surface area contributed by atoms with Crippen LogP contribution in [0.3, 0.4) is 0 Å². The highest BCUT2D eigenvalue weighted by molar-refractivity contribution is 5.92. The van der Waals surface area contributed by atoms with E-state index in [2.05, 4.69) is 12.2 Å². The summed E-state index contributed by atoms with van der Waals surface area (Å²) < 4.78 is 10.9. The maximum absolute atomic E-state index is 12.6. The van der Waals surface area contributed by atoms with E-state index in [0.29, 0.717) is 19.6 Å². The molecule has 0 aliphatic rings. The zero-order valence-electron chi connectivity index (χ0n) is 22.8. The van der Waals surface area contributed by atoms with Gasteiger partial charge in [0.05, 0.1) is 13.7 Å². The molecule has 0 aliphatic carbocycles. The molecule has 0 spiro atoms. The topological polar surface area (TPSA) is 67.9 Å². The number of hydrogen-bond donors (Lipinski definition) is 1. The number of anilines is 1. The SMILES string of the molecule is CCCCCCCNC(=O)N(C)c1cccc(-c2ccc(C[C@H](OCc3ccccc3)C(=O)OC)cc2)c1. The van der Waals surface area contributed by atoms with E-state index in [0.717, 1.165) is 40.8 Å². The molecule has 0 fully saturated rings. The Morgan fingerprint density at radius 3 is 2.29 bits per heavy atom. The van der Waals surface area contributed by atoms with Crippen LogP contribution in [0.4, 0.5) is 10.5 Å². The van der Waals surface area contributed by atoms with Crippen molar-refractivity contribution in [1.82, 2.24) is 5.32 Å². The second kappa shape index (κ2) is 15.6. The van der Waals surface area contributed by atoms with Crippen molar-refractivity contribution < 1.29 is 19.1 Å². The molecular weight excluding hydrogens is 476 g/mol. The number of carbonyl (C=O) groups is 2. The molecule has 3 aromatic carbocycles. The third-order valence-corrected chi connectivity index (χ3v) is 6.56. The molecule has 3 aromatic rings. The van der Waals surface area contributed by atoms with Crippen LogP contribution in [0.15, 0.2) is 78.9 Å². The Labute approximate surface area is 227 Å².